The largest absolute Gasteiger partial charge is 0.381 e. The molecular formula is C14H27N5O. The molecule has 0 amide bonds. The first-order valence-electron chi connectivity index (χ1n) is 7.36. The fraction of sp³-hybridized carbons (Fsp3) is 0.714. The van der Waals surface area contributed by atoms with Crippen molar-refractivity contribution in [1.82, 2.24) is 20.4 Å². The Labute approximate surface area is 121 Å². The van der Waals surface area contributed by atoms with Crippen molar-refractivity contribution in [3.05, 3.63) is 18.5 Å². The van der Waals surface area contributed by atoms with E-state index in [0.29, 0.717) is 0 Å². The Kier molecular flexibility index (Phi) is 9.30. The van der Waals surface area contributed by atoms with E-state index in [1.54, 1.807) is 13.2 Å². The van der Waals surface area contributed by atoms with E-state index < -0.39 is 0 Å². The topological polar surface area (TPSA) is 63.5 Å². The van der Waals surface area contributed by atoms with Crippen molar-refractivity contribution in [3.8, 4) is 0 Å². The van der Waals surface area contributed by atoms with Crippen LogP contribution in [0.25, 0.3) is 0 Å². The van der Waals surface area contributed by atoms with Crippen molar-refractivity contribution < 1.29 is 4.74 Å². The van der Waals surface area contributed by atoms with Crippen LogP contribution >= 0.6 is 0 Å². The molecule has 1 aromatic heterocycles. The van der Waals surface area contributed by atoms with Crippen molar-refractivity contribution in [3.63, 3.8) is 0 Å². The van der Waals surface area contributed by atoms with Gasteiger partial charge in [-0.1, -0.05) is 13.3 Å². The van der Waals surface area contributed by atoms with Gasteiger partial charge in [0.2, 0.25) is 0 Å². The molecule has 0 aromatic carbocycles. The van der Waals surface area contributed by atoms with Crippen LogP contribution in [0.1, 0.15) is 26.2 Å². The minimum absolute atomic E-state index is 0.800. The van der Waals surface area contributed by atoms with Gasteiger partial charge >= 0.3 is 0 Å². The Balaban J connectivity index is 1.99. The Morgan fingerprint density at radius 2 is 2.05 bits per heavy atom. The van der Waals surface area contributed by atoms with E-state index in [2.05, 4.69) is 27.6 Å². The normalized spacial score (nSPS) is 11.6. The smallest absolute Gasteiger partial charge is 0.191 e. The fourth-order valence-electron chi connectivity index (χ4n) is 1.67. The second kappa shape index (κ2) is 11.3. The lowest BCUT2D eigenvalue weighted by molar-refractivity contribution is 0.129. The summed E-state index contributed by atoms with van der Waals surface area (Å²) >= 11 is 0. The van der Waals surface area contributed by atoms with Gasteiger partial charge in [-0.2, -0.15) is 5.10 Å². The lowest BCUT2D eigenvalue weighted by atomic mass is 10.4. The summed E-state index contributed by atoms with van der Waals surface area (Å²) in [5.74, 6) is 0.825. The highest BCUT2D eigenvalue weighted by Gasteiger charge is 1.97. The molecule has 1 rings (SSSR count). The highest BCUT2D eigenvalue weighted by Crippen LogP contribution is 1.89. The molecule has 0 saturated carbocycles. The molecule has 0 atom stereocenters. The maximum atomic E-state index is 5.51. The van der Waals surface area contributed by atoms with Crippen LogP contribution < -0.4 is 10.6 Å². The maximum Gasteiger partial charge on any atom is 0.191 e. The standard InChI is InChI=1S/C14H27N5O/c1-3-4-12-20-13-6-7-16-14(15-2)17-9-11-19-10-5-8-18-19/h5,8,10H,3-4,6-7,9,11-13H2,1-2H3,(H2,15,16,17). The lowest BCUT2D eigenvalue weighted by Gasteiger charge is -2.12. The molecule has 0 bridgehead atoms. The number of nitrogens with zero attached hydrogens (tertiary/aromatic N) is 3. The minimum atomic E-state index is 0.800. The average Bonchev–Trinajstić information content (AvgIpc) is 2.97. The molecule has 0 fully saturated rings. The zero-order chi connectivity index (χ0) is 14.5. The third-order valence-electron chi connectivity index (χ3n) is 2.82. The molecule has 2 N–H and O–H groups in total. The van der Waals surface area contributed by atoms with E-state index in [9.17, 15) is 0 Å². The molecular weight excluding hydrogens is 254 g/mol. The van der Waals surface area contributed by atoms with Crippen molar-refractivity contribution in [2.45, 2.75) is 32.7 Å². The summed E-state index contributed by atoms with van der Waals surface area (Å²) in [6, 6.07) is 1.92. The molecule has 0 unspecified atom stereocenters. The summed E-state index contributed by atoms with van der Waals surface area (Å²) in [7, 11) is 1.78. The van der Waals surface area contributed by atoms with Crippen LogP contribution in [-0.2, 0) is 11.3 Å². The van der Waals surface area contributed by atoms with E-state index in [0.717, 1.165) is 51.6 Å². The first kappa shape index (κ1) is 16.5. The van der Waals surface area contributed by atoms with Gasteiger partial charge in [0, 0.05) is 45.7 Å². The highest BCUT2D eigenvalue weighted by atomic mass is 16.5. The summed E-state index contributed by atoms with van der Waals surface area (Å²) < 4.78 is 7.40. The first-order valence-corrected chi connectivity index (χ1v) is 7.36. The number of hydrogen-bond donors (Lipinski definition) is 2. The molecule has 1 aromatic rings. The van der Waals surface area contributed by atoms with Crippen LogP contribution in [0.15, 0.2) is 23.5 Å². The molecule has 0 saturated heterocycles. The predicted molar refractivity (Wildman–Crippen MR) is 81.9 cm³/mol. The predicted octanol–water partition coefficient (Wildman–Crippen LogP) is 1.25. The molecule has 6 heteroatoms. The number of hydrogen-bond acceptors (Lipinski definition) is 3. The van der Waals surface area contributed by atoms with Crippen molar-refractivity contribution in [2.75, 3.05) is 33.4 Å². The van der Waals surface area contributed by atoms with E-state index in [1.165, 1.54) is 6.42 Å². The first-order chi connectivity index (χ1) is 9.86. The van der Waals surface area contributed by atoms with Crippen LogP contribution in [0.4, 0.5) is 0 Å². The summed E-state index contributed by atoms with van der Waals surface area (Å²) in [4.78, 5) is 4.18. The average molecular weight is 281 g/mol. The number of unbranched alkanes of at least 4 members (excludes halogenated alkanes) is 1. The van der Waals surface area contributed by atoms with Crippen LogP contribution in [0.3, 0.4) is 0 Å². The van der Waals surface area contributed by atoms with Crippen LogP contribution in [-0.4, -0.2) is 49.1 Å². The van der Waals surface area contributed by atoms with Crippen LogP contribution in [0, 0.1) is 0 Å². The van der Waals surface area contributed by atoms with Gasteiger partial charge in [0.15, 0.2) is 5.96 Å². The van der Waals surface area contributed by atoms with Gasteiger partial charge in [-0.15, -0.1) is 0 Å². The molecule has 20 heavy (non-hydrogen) atoms. The Hall–Kier alpha value is -1.56. The van der Waals surface area contributed by atoms with Crippen molar-refractivity contribution in [2.24, 2.45) is 4.99 Å². The van der Waals surface area contributed by atoms with E-state index in [4.69, 9.17) is 4.74 Å². The molecule has 1 heterocycles. The molecule has 0 aliphatic carbocycles. The van der Waals surface area contributed by atoms with Gasteiger partial charge in [-0.25, -0.2) is 0 Å². The second-order valence-electron chi connectivity index (χ2n) is 4.51. The maximum absolute atomic E-state index is 5.51. The molecule has 6 nitrogen and oxygen atoms in total. The molecule has 0 radical (unpaired) electrons. The quantitative estimate of drug-likeness (QED) is 0.385. The molecule has 0 aliphatic rings. The second-order valence-corrected chi connectivity index (χ2v) is 4.51. The van der Waals surface area contributed by atoms with Crippen LogP contribution in [0.2, 0.25) is 0 Å². The summed E-state index contributed by atoms with van der Waals surface area (Å²) in [6.07, 6.45) is 7.05. The van der Waals surface area contributed by atoms with E-state index in [-0.39, 0.29) is 0 Å². The Morgan fingerprint density at radius 3 is 2.75 bits per heavy atom. The summed E-state index contributed by atoms with van der Waals surface area (Å²) in [5.41, 5.74) is 0. The number of aliphatic imine (C=N–C) groups is 1. The van der Waals surface area contributed by atoms with Crippen LogP contribution in [0.5, 0.6) is 0 Å². The third-order valence-corrected chi connectivity index (χ3v) is 2.82. The number of nitrogens with one attached hydrogen (secondary N) is 2. The monoisotopic (exact) mass is 281 g/mol. The van der Waals surface area contributed by atoms with Gasteiger partial charge < -0.3 is 15.4 Å². The number of ether oxygens (including phenoxy) is 1. The van der Waals surface area contributed by atoms with Gasteiger partial charge in [0.25, 0.3) is 0 Å². The Morgan fingerprint density at radius 1 is 1.25 bits per heavy atom. The molecule has 114 valence electrons. The number of guanidine groups is 1. The number of aromatic nitrogens is 2. The lowest BCUT2D eigenvalue weighted by Crippen LogP contribution is -2.39. The molecule has 0 spiro atoms. The van der Waals surface area contributed by atoms with Gasteiger partial charge in [-0.05, 0) is 18.9 Å². The number of rotatable bonds is 10. The Bertz CT molecular complexity index is 350. The van der Waals surface area contributed by atoms with E-state index >= 15 is 0 Å². The van der Waals surface area contributed by atoms with Crippen molar-refractivity contribution in [1.29, 1.82) is 0 Å². The SMILES string of the molecule is CCCCOCCCNC(=NC)NCCn1cccn1. The molecule has 0 aliphatic heterocycles. The zero-order valence-electron chi connectivity index (χ0n) is 12.6. The summed E-state index contributed by atoms with van der Waals surface area (Å²) in [5, 5.41) is 10.7. The minimum Gasteiger partial charge on any atom is -0.381 e. The van der Waals surface area contributed by atoms with Gasteiger partial charge in [0.1, 0.15) is 0 Å². The van der Waals surface area contributed by atoms with Gasteiger partial charge in [-0.3, -0.25) is 9.67 Å². The van der Waals surface area contributed by atoms with E-state index in [1.807, 2.05) is 16.9 Å². The van der Waals surface area contributed by atoms with Gasteiger partial charge in [0.05, 0.1) is 6.54 Å². The summed E-state index contributed by atoms with van der Waals surface area (Å²) in [6.45, 7) is 6.34. The fourth-order valence-corrected chi connectivity index (χ4v) is 1.67. The highest BCUT2D eigenvalue weighted by molar-refractivity contribution is 5.79. The zero-order valence-corrected chi connectivity index (χ0v) is 12.6. The third kappa shape index (κ3) is 7.78. The van der Waals surface area contributed by atoms with Crippen molar-refractivity contribution >= 4 is 5.96 Å².